The van der Waals surface area contributed by atoms with Gasteiger partial charge in [0, 0.05) is 0 Å². The van der Waals surface area contributed by atoms with Crippen molar-refractivity contribution in [2.45, 2.75) is 12.4 Å². The number of carboxylic acid groups (broad SMARTS) is 1. The van der Waals surface area contributed by atoms with Gasteiger partial charge in [-0.1, -0.05) is 0 Å². The highest BCUT2D eigenvalue weighted by Crippen LogP contribution is 2.37. The van der Waals surface area contributed by atoms with Crippen LogP contribution in [0, 0.1) is 5.82 Å². The summed E-state index contributed by atoms with van der Waals surface area (Å²) in [5, 5.41) is 8.93. The molecule has 2 aromatic rings. The van der Waals surface area contributed by atoms with Gasteiger partial charge in [-0.25, -0.2) is 9.18 Å². The third-order valence-electron chi connectivity index (χ3n) is 3.03. The lowest BCUT2D eigenvalue weighted by molar-refractivity contribution is -0.140. The van der Waals surface area contributed by atoms with Crippen molar-refractivity contribution < 1.29 is 45.4 Å². The molecule has 0 atom stereocenters. The van der Waals surface area contributed by atoms with Gasteiger partial charge in [-0.05, 0) is 36.4 Å². The van der Waals surface area contributed by atoms with Gasteiger partial charge in [0.2, 0.25) is 0 Å². The average molecular weight is 368 g/mol. The van der Waals surface area contributed by atoms with Gasteiger partial charge in [-0.3, -0.25) is 0 Å². The first-order chi connectivity index (χ1) is 11.4. The van der Waals surface area contributed by atoms with Gasteiger partial charge in [0.05, 0.1) is 11.1 Å². The second-order valence-electron chi connectivity index (χ2n) is 4.73. The molecule has 10 heteroatoms. The van der Waals surface area contributed by atoms with Crippen molar-refractivity contribution in [2.24, 2.45) is 0 Å². The lowest BCUT2D eigenvalue weighted by Gasteiger charge is -2.14. The van der Waals surface area contributed by atoms with Gasteiger partial charge < -0.3 is 9.84 Å². The van der Waals surface area contributed by atoms with Crippen LogP contribution in [0.1, 0.15) is 21.5 Å². The Kier molecular flexibility index (Phi) is 4.65. The maximum absolute atomic E-state index is 13.9. The second kappa shape index (κ2) is 6.26. The maximum atomic E-state index is 13.9. The first-order valence-electron chi connectivity index (χ1n) is 6.39. The number of ether oxygens (including phenoxy) is 1. The number of carboxylic acids is 1. The van der Waals surface area contributed by atoms with Gasteiger partial charge >= 0.3 is 18.3 Å². The molecule has 0 saturated carbocycles. The molecular formula is C15H7F7O3. The summed E-state index contributed by atoms with van der Waals surface area (Å²) in [6.07, 6.45) is -9.74. The highest BCUT2D eigenvalue weighted by atomic mass is 19.4. The van der Waals surface area contributed by atoms with E-state index in [4.69, 9.17) is 9.84 Å². The maximum Gasteiger partial charge on any atom is 0.419 e. The molecule has 0 fully saturated rings. The fourth-order valence-corrected chi connectivity index (χ4v) is 1.90. The van der Waals surface area contributed by atoms with Crippen LogP contribution in [0.4, 0.5) is 30.7 Å². The van der Waals surface area contributed by atoms with E-state index in [1.807, 2.05) is 0 Å². The predicted octanol–water partition coefficient (Wildman–Crippen LogP) is 5.35. The molecule has 0 spiro atoms. The van der Waals surface area contributed by atoms with E-state index in [9.17, 15) is 35.5 Å². The first kappa shape index (κ1) is 18.6. The van der Waals surface area contributed by atoms with Crippen molar-refractivity contribution >= 4 is 5.97 Å². The molecule has 1 N–H and O–H groups in total. The lowest BCUT2D eigenvalue weighted by atomic mass is 10.1. The fourth-order valence-electron chi connectivity index (χ4n) is 1.90. The molecule has 0 aliphatic carbocycles. The number of hydrogen-bond donors (Lipinski definition) is 1. The number of aromatic carboxylic acids is 1. The molecule has 0 aliphatic rings. The minimum Gasteiger partial charge on any atom is -0.477 e. The van der Waals surface area contributed by atoms with Crippen LogP contribution in [0.5, 0.6) is 11.5 Å². The van der Waals surface area contributed by atoms with Crippen LogP contribution in [0.25, 0.3) is 0 Å². The zero-order valence-corrected chi connectivity index (χ0v) is 11.9. The molecule has 0 aliphatic heterocycles. The number of benzene rings is 2. The molecule has 0 saturated heterocycles. The Morgan fingerprint density at radius 2 is 1.44 bits per heavy atom. The molecule has 3 nitrogen and oxygen atoms in total. The highest BCUT2D eigenvalue weighted by molar-refractivity contribution is 5.91. The van der Waals surface area contributed by atoms with Crippen LogP contribution in [-0.2, 0) is 12.4 Å². The smallest absolute Gasteiger partial charge is 0.419 e. The Bertz CT molecular complexity index is 792. The molecule has 0 aromatic heterocycles. The van der Waals surface area contributed by atoms with Crippen molar-refractivity contribution in [3.8, 4) is 11.5 Å². The summed E-state index contributed by atoms with van der Waals surface area (Å²) >= 11 is 0. The van der Waals surface area contributed by atoms with E-state index in [0.29, 0.717) is 18.2 Å². The Labute approximate surface area is 135 Å². The monoisotopic (exact) mass is 368 g/mol. The van der Waals surface area contributed by atoms with Crippen LogP contribution in [0.2, 0.25) is 0 Å². The largest absolute Gasteiger partial charge is 0.477 e. The third-order valence-corrected chi connectivity index (χ3v) is 3.03. The summed E-state index contributed by atoms with van der Waals surface area (Å²) in [7, 11) is 0. The minimum atomic E-state index is -5.12. The van der Waals surface area contributed by atoms with Gasteiger partial charge in [0.1, 0.15) is 17.1 Å². The van der Waals surface area contributed by atoms with Crippen molar-refractivity contribution in [3.05, 3.63) is 58.9 Å². The van der Waals surface area contributed by atoms with Crippen molar-refractivity contribution in [1.82, 2.24) is 0 Å². The van der Waals surface area contributed by atoms with Gasteiger partial charge in [0.25, 0.3) is 0 Å². The summed E-state index contributed by atoms with van der Waals surface area (Å²) in [6.45, 7) is 0. The zero-order valence-electron chi connectivity index (χ0n) is 11.9. The van der Waals surface area contributed by atoms with Crippen molar-refractivity contribution in [3.63, 3.8) is 0 Å². The summed E-state index contributed by atoms with van der Waals surface area (Å²) in [5.74, 6) is -5.16. The Morgan fingerprint density at radius 1 is 0.880 bits per heavy atom. The molecule has 0 unspecified atom stereocenters. The SMILES string of the molecule is O=C(O)c1c(Oc2ccc(C(F)(F)F)cc2)ccc(C(F)(F)F)c1F. The first-order valence-corrected chi connectivity index (χ1v) is 6.39. The van der Waals surface area contributed by atoms with E-state index >= 15 is 0 Å². The minimum absolute atomic E-state index is 0.279. The second-order valence-corrected chi connectivity index (χ2v) is 4.73. The Hall–Kier alpha value is -2.78. The third kappa shape index (κ3) is 4.01. The summed E-state index contributed by atoms with van der Waals surface area (Å²) in [5.41, 5.74) is -4.20. The molecule has 134 valence electrons. The summed E-state index contributed by atoms with van der Waals surface area (Å²) in [4.78, 5) is 11.1. The van der Waals surface area contributed by atoms with E-state index in [1.54, 1.807) is 0 Å². The summed E-state index contributed by atoms with van der Waals surface area (Å²) in [6, 6.07) is 3.74. The van der Waals surface area contributed by atoms with Gasteiger partial charge in [-0.15, -0.1) is 0 Å². The van der Waals surface area contributed by atoms with E-state index < -0.39 is 46.6 Å². The molecule has 0 amide bonds. The van der Waals surface area contributed by atoms with Crippen LogP contribution < -0.4 is 4.74 Å². The molecular weight excluding hydrogens is 361 g/mol. The number of rotatable bonds is 3. The zero-order chi connectivity index (χ0) is 19.0. The highest BCUT2D eigenvalue weighted by Gasteiger charge is 2.37. The standard InChI is InChI=1S/C15H7F7O3/c16-12-9(15(20,21)22)5-6-10(11(12)13(23)24)25-8-3-1-7(2-4-8)14(17,18)19/h1-6H,(H,23,24). The Morgan fingerprint density at radius 3 is 1.88 bits per heavy atom. The topological polar surface area (TPSA) is 46.5 Å². The van der Waals surface area contributed by atoms with Crippen LogP contribution in [0.15, 0.2) is 36.4 Å². The molecule has 0 heterocycles. The van der Waals surface area contributed by atoms with E-state index in [1.165, 1.54) is 0 Å². The molecule has 2 aromatic carbocycles. The van der Waals surface area contributed by atoms with E-state index in [2.05, 4.69) is 0 Å². The van der Waals surface area contributed by atoms with Crippen LogP contribution in [0.3, 0.4) is 0 Å². The van der Waals surface area contributed by atoms with Crippen molar-refractivity contribution in [1.29, 1.82) is 0 Å². The number of carbonyl (C=O) groups is 1. The number of hydrogen-bond acceptors (Lipinski definition) is 2. The lowest BCUT2D eigenvalue weighted by Crippen LogP contribution is -2.13. The molecule has 25 heavy (non-hydrogen) atoms. The molecule has 0 radical (unpaired) electrons. The molecule has 2 rings (SSSR count). The average Bonchev–Trinajstić information content (AvgIpc) is 2.45. The van der Waals surface area contributed by atoms with Crippen LogP contribution >= 0.6 is 0 Å². The molecule has 0 bridgehead atoms. The normalized spacial score (nSPS) is 12.1. The van der Waals surface area contributed by atoms with Gasteiger partial charge in [-0.2, -0.15) is 26.3 Å². The van der Waals surface area contributed by atoms with E-state index in [0.717, 1.165) is 12.1 Å². The number of halogens is 7. The quantitative estimate of drug-likeness (QED) is 0.743. The predicted molar refractivity (Wildman–Crippen MR) is 69.9 cm³/mol. The number of alkyl halides is 6. The summed E-state index contributed by atoms with van der Waals surface area (Å²) < 4.78 is 94.0. The Balaban J connectivity index is 2.43. The van der Waals surface area contributed by atoms with Gasteiger partial charge in [0.15, 0.2) is 5.82 Å². The fraction of sp³-hybridized carbons (Fsp3) is 0.133. The van der Waals surface area contributed by atoms with Crippen LogP contribution in [-0.4, -0.2) is 11.1 Å². The van der Waals surface area contributed by atoms with E-state index in [-0.39, 0.29) is 11.8 Å². The van der Waals surface area contributed by atoms with Crippen molar-refractivity contribution in [2.75, 3.05) is 0 Å².